The number of carbonyl (C=O) groups excluding carboxylic acids is 1. The Bertz CT molecular complexity index is 540. The second kappa shape index (κ2) is 4.76. The van der Waals surface area contributed by atoms with Gasteiger partial charge in [-0.3, -0.25) is 0 Å². The van der Waals surface area contributed by atoms with E-state index in [0.717, 1.165) is 0 Å². The molecule has 0 amide bonds. The standard InChI is InChI=1S/C13H10FNO2/c14-11-8-4-7-10(13(16)17-15)12(11)9-5-2-1-3-6-9/h1-8H,15H2. The number of hydrogen-bond acceptors (Lipinski definition) is 3. The van der Waals surface area contributed by atoms with Gasteiger partial charge in [-0.1, -0.05) is 36.4 Å². The average Bonchev–Trinajstić information content (AvgIpc) is 2.38. The number of hydrogen-bond donors (Lipinski definition) is 1. The quantitative estimate of drug-likeness (QED) is 0.808. The van der Waals surface area contributed by atoms with E-state index in [2.05, 4.69) is 4.84 Å². The lowest BCUT2D eigenvalue weighted by Gasteiger charge is -2.08. The lowest BCUT2D eigenvalue weighted by molar-refractivity contribution is 0.0504. The van der Waals surface area contributed by atoms with Crippen LogP contribution in [0.5, 0.6) is 0 Å². The molecule has 0 radical (unpaired) electrons. The summed E-state index contributed by atoms with van der Waals surface area (Å²) in [6, 6.07) is 13.0. The lowest BCUT2D eigenvalue weighted by Crippen LogP contribution is -2.12. The molecule has 2 aromatic carbocycles. The largest absolute Gasteiger partial charge is 0.370 e. The molecule has 3 nitrogen and oxygen atoms in total. The van der Waals surface area contributed by atoms with Crippen LogP contribution >= 0.6 is 0 Å². The van der Waals surface area contributed by atoms with E-state index in [1.54, 1.807) is 24.3 Å². The first-order valence-corrected chi connectivity index (χ1v) is 4.99. The summed E-state index contributed by atoms with van der Waals surface area (Å²) in [4.78, 5) is 15.6. The lowest BCUT2D eigenvalue weighted by atomic mass is 9.99. The van der Waals surface area contributed by atoms with Gasteiger partial charge in [0, 0.05) is 5.56 Å². The van der Waals surface area contributed by atoms with Crippen LogP contribution in [0.2, 0.25) is 0 Å². The summed E-state index contributed by atoms with van der Waals surface area (Å²) >= 11 is 0. The highest BCUT2D eigenvalue weighted by atomic mass is 19.1. The SMILES string of the molecule is NOC(=O)c1cccc(F)c1-c1ccccc1. The highest BCUT2D eigenvalue weighted by Gasteiger charge is 2.17. The van der Waals surface area contributed by atoms with Gasteiger partial charge in [0.05, 0.1) is 5.56 Å². The van der Waals surface area contributed by atoms with Gasteiger partial charge in [0.25, 0.3) is 0 Å². The Labute approximate surface area is 97.6 Å². The van der Waals surface area contributed by atoms with Crippen LogP contribution in [0.1, 0.15) is 10.4 Å². The molecule has 4 heteroatoms. The van der Waals surface area contributed by atoms with Crippen molar-refractivity contribution in [1.82, 2.24) is 0 Å². The number of nitrogens with two attached hydrogens (primary N) is 1. The van der Waals surface area contributed by atoms with Crippen LogP contribution in [0.25, 0.3) is 11.1 Å². The second-order valence-corrected chi connectivity index (χ2v) is 3.43. The number of benzene rings is 2. The maximum Gasteiger partial charge on any atom is 0.357 e. The predicted molar refractivity (Wildman–Crippen MR) is 61.4 cm³/mol. The predicted octanol–water partition coefficient (Wildman–Crippen LogP) is 2.52. The van der Waals surface area contributed by atoms with Gasteiger partial charge < -0.3 is 4.84 Å². The monoisotopic (exact) mass is 231 g/mol. The fourth-order valence-corrected chi connectivity index (χ4v) is 1.66. The molecule has 0 saturated carbocycles. The Hall–Kier alpha value is -2.20. The third kappa shape index (κ3) is 2.16. The molecule has 0 spiro atoms. The summed E-state index contributed by atoms with van der Waals surface area (Å²) in [6.07, 6.45) is 0. The zero-order valence-electron chi connectivity index (χ0n) is 8.89. The summed E-state index contributed by atoms with van der Waals surface area (Å²) in [7, 11) is 0. The van der Waals surface area contributed by atoms with Crippen LogP contribution in [0, 0.1) is 5.82 Å². The Balaban J connectivity index is 2.64. The van der Waals surface area contributed by atoms with Gasteiger partial charge in [0.2, 0.25) is 0 Å². The topological polar surface area (TPSA) is 52.3 Å². The number of carbonyl (C=O) groups is 1. The molecule has 0 atom stereocenters. The van der Waals surface area contributed by atoms with E-state index in [9.17, 15) is 9.18 Å². The van der Waals surface area contributed by atoms with Crippen LogP contribution in [0.3, 0.4) is 0 Å². The van der Waals surface area contributed by atoms with Gasteiger partial charge in [-0.2, -0.15) is 5.90 Å². The molecule has 0 fully saturated rings. The smallest absolute Gasteiger partial charge is 0.357 e. The molecular weight excluding hydrogens is 221 g/mol. The minimum Gasteiger partial charge on any atom is -0.370 e. The van der Waals surface area contributed by atoms with E-state index in [4.69, 9.17) is 5.90 Å². The van der Waals surface area contributed by atoms with Crippen LogP contribution in [-0.2, 0) is 4.84 Å². The van der Waals surface area contributed by atoms with Crippen LogP contribution in [0.15, 0.2) is 48.5 Å². The van der Waals surface area contributed by atoms with Crippen LogP contribution in [-0.4, -0.2) is 5.97 Å². The third-order valence-electron chi connectivity index (χ3n) is 2.40. The van der Waals surface area contributed by atoms with E-state index in [0.29, 0.717) is 5.56 Å². The van der Waals surface area contributed by atoms with Crippen molar-refractivity contribution in [1.29, 1.82) is 0 Å². The number of halogens is 1. The summed E-state index contributed by atoms with van der Waals surface area (Å²) in [5.41, 5.74) is 0.910. The molecule has 0 aliphatic heterocycles. The molecule has 0 heterocycles. The average molecular weight is 231 g/mol. The normalized spacial score (nSPS) is 10.0. The Morgan fingerprint density at radius 3 is 2.41 bits per heavy atom. The van der Waals surface area contributed by atoms with Crippen molar-refractivity contribution in [2.75, 3.05) is 0 Å². The molecule has 2 rings (SSSR count). The maximum absolute atomic E-state index is 13.8. The summed E-state index contributed by atoms with van der Waals surface area (Å²) in [5.74, 6) is 3.58. The van der Waals surface area contributed by atoms with Crippen LogP contribution < -0.4 is 5.90 Å². The minimum absolute atomic E-state index is 0.110. The first-order valence-electron chi connectivity index (χ1n) is 4.99. The van der Waals surface area contributed by atoms with Gasteiger partial charge in [-0.15, -0.1) is 0 Å². The second-order valence-electron chi connectivity index (χ2n) is 3.43. The summed E-state index contributed by atoms with van der Waals surface area (Å²) in [6.45, 7) is 0. The van der Waals surface area contributed by atoms with Gasteiger partial charge in [0.1, 0.15) is 5.82 Å². The fourth-order valence-electron chi connectivity index (χ4n) is 1.66. The molecule has 2 aromatic rings. The first-order chi connectivity index (χ1) is 8.24. The molecule has 17 heavy (non-hydrogen) atoms. The van der Waals surface area contributed by atoms with Crippen molar-refractivity contribution in [3.63, 3.8) is 0 Å². The van der Waals surface area contributed by atoms with E-state index in [1.165, 1.54) is 18.2 Å². The van der Waals surface area contributed by atoms with E-state index >= 15 is 0 Å². The van der Waals surface area contributed by atoms with Crippen molar-refractivity contribution in [2.45, 2.75) is 0 Å². The fraction of sp³-hybridized carbons (Fsp3) is 0. The van der Waals surface area contributed by atoms with E-state index in [1.807, 2.05) is 6.07 Å². The van der Waals surface area contributed by atoms with Crippen LogP contribution in [0.4, 0.5) is 4.39 Å². The molecule has 2 N–H and O–H groups in total. The molecule has 0 bridgehead atoms. The van der Waals surface area contributed by atoms with Gasteiger partial charge in [-0.25, -0.2) is 9.18 Å². The highest BCUT2D eigenvalue weighted by molar-refractivity contribution is 5.97. The van der Waals surface area contributed by atoms with Crippen molar-refractivity contribution in [3.05, 3.63) is 59.9 Å². The summed E-state index contributed by atoms with van der Waals surface area (Å²) < 4.78 is 13.8. The number of rotatable bonds is 2. The van der Waals surface area contributed by atoms with Crippen molar-refractivity contribution >= 4 is 5.97 Å². The van der Waals surface area contributed by atoms with Crippen molar-refractivity contribution < 1.29 is 14.0 Å². The zero-order chi connectivity index (χ0) is 12.3. The molecule has 0 aliphatic carbocycles. The van der Waals surface area contributed by atoms with Gasteiger partial charge in [-0.05, 0) is 17.7 Å². The van der Waals surface area contributed by atoms with E-state index < -0.39 is 11.8 Å². The van der Waals surface area contributed by atoms with Gasteiger partial charge >= 0.3 is 5.97 Å². The molecule has 0 aromatic heterocycles. The molecule has 0 unspecified atom stereocenters. The Kier molecular flexibility index (Phi) is 3.16. The van der Waals surface area contributed by atoms with Gasteiger partial charge in [0.15, 0.2) is 0 Å². The van der Waals surface area contributed by atoms with E-state index in [-0.39, 0.29) is 11.1 Å². The third-order valence-corrected chi connectivity index (χ3v) is 2.40. The molecule has 86 valence electrons. The molecule has 0 aliphatic rings. The zero-order valence-corrected chi connectivity index (χ0v) is 8.89. The Morgan fingerprint density at radius 2 is 1.76 bits per heavy atom. The minimum atomic E-state index is -0.761. The Morgan fingerprint density at radius 1 is 1.06 bits per heavy atom. The molecular formula is C13H10FNO2. The highest BCUT2D eigenvalue weighted by Crippen LogP contribution is 2.26. The first kappa shape index (κ1) is 11.3. The molecule has 0 saturated heterocycles. The van der Waals surface area contributed by atoms with Crippen molar-refractivity contribution in [3.8, 4) is 11.1 Å². The maximum atomic E-state index is 13.8. The van der Waals surface area contributed by atoms with Crippen molar-refractivity contribution in [2.24, 2.45) is 5.90 Å². The summed E-state index contributed by atoms with van der Waals surface area (Å²) in [5, 5.41) is 0.